The van der Waals surface area contributed by atoms with Gasteiger partial charge in [0.15, 0.2) is 5.96 Å². The van der Waals surface area contributed by atoms with Crippen molar-refractivity contribution in [1.82, 2.24) is 15.6 Å². The molecule has 0 amide bonds. The third kappa shape index (κ3) is 6.71. The van der Waals surface area contributed by atoms with Crippen LogP contribution in [0.15, 0.2) is 35.5 Å². The van der Waals surface area contributed by atoms with Gasteiger partial charge in [-0.2, -0.15) is 0 Å². The maximum absolute atomic E-state index is 11.5. The highest BCUT2D eigenvalue weighted by atomic mass is 32.2. The third-order valence-corrected chi connectivity index (χ3v) is 4.64. The first-order valence-corrected chi connectivity index (χ1v) is 10.6. The van der Waals surface area contributed by atoms with E-state index < -0.39 is 10.0 Å². The van der Waals surface area contributed by atoms with Gasteiger partial charge in [-0.3, -0.25) is 4.72 Å². The van der Waals surface area contributed by atoms with E-state index in [1.807, 2.05) is 32.2 Å². The van der Waals surface area contributed by atoms with Crippen LogP contribution < -0.4 is 15.4 Å². The summed E-state index contributed by atoms with van der Waals surface area (Å²) in [4.78, 5) is 10.0. The highest BCUT2D eigenvalue weighted by molar-refractivity contribution is 7.92. The summed E-state index contributed by atoms with van der Waals surface area (Å²) in [5, 5.41) is 7.40. The molecule has 0 saturated heterocycles. The summed E-state index contributed by atoms with van der Waals surface area (Å²) in [6.45, 7) is 5.68. The van der Waals surface area contributed by atoms with Crippen molar-refractivity contribution in [3.8, 4) is 0 Å². The number of benzene rings is 1. The van der Waals surface area contributed by atoms with Gasteiger partial charge in [0.1, 0.15) is 5.01 Å². The summed E-state index contributed by atoms with van der Waals surface area (Å²) in [7, 11) is -3.33. The zero-order chi connectivity index (χ0) is 18.3. The topological polar surface area (TPSA) is 95.5 Å². The van der Waals surface area contributed by atoms with E-state index in [0.717, 1.165) is 23.4 Å². The zero-order valence-electron chi connectivity index (χ0n) is 14.5. The number of nitrogens with zero attached hydrogens (tertiary/aromatic N) is 2. The number of rotatable bonds is 7. The van der Waals surface area contributed by atoms with Gasteiger partial charge < -0.3 is 10.6 Å². The number of thiazole rings is 1. The van der Waals surface area contributed by atoms with E-state index in [4.69, 9.17) is 0 Å². The Morgan fingerprint density at radius 2 is 2.04 bits per heavy atom. The second-order valence-electron chi connectivity index (χ2n) is 5.44. The molecule has 9 heteroatoms. The number of para-hydroxylation sites is 1. The number of guanidine groups is 1. The Labute approximate surface area is 152 Å². The molecule has 0 aliphatic carbocycles. The third-order valence-electron chi connectivity index (χ3n) is 3.14. The number of aryl methyl sites for hydroxylation is 1. The number of hydrogen-bond donors (Lipinski definition) is 3. The highest BCUT2D eigenvalue weighted by Crippen LogP contribution is 2.17. The molecule has 0 unspecified atom stereocenters. The molecule has 0 aliphatic heterocycles. The van der Waals surface area contributed by atoms with Gasteiger partial charge in [0.05, 0.1) is 25.0 Å². The maximum atomic E-state index is 11.5. The average Bonchev–Trinajstić information content (AvgIpc) is 2.95. The van der Waals surface area contributed by atoms with Gasteiger partial charge in [0.2, 0.25) is 10.0 Å². The smallest absolute Gasteiger partial charge is 0.229 e. The first-order valence-electron chi connectivity index (χ1n) is 7.86. The SMILES string of the molecule is CCNC(=NCc1ccccc1NS(C)(=O)=O)NCc1ncc(C)s1. The van der Waals surface area contributed by atoms with Gasteiger partial charge in [-0.25, -0.2) is 18.4 Å². The minimum atomic E-state index is -3.33. The minimum absolute atomic E-state index is 0.352. The minimum Gasteiger partial charge on any atom is -0.357 e. The maximum Gasteiger partial charge on any atom is 0.229 e. The molecule has 1 aromatic carbocycles. The van der Waals surface area contributed by atoms with Crippen molar-refractivity contribution in [3.05, 3.63) is 45.9 Å². The quantitative estimate of drug-likeness (QED) is 0.504. The Balaban J connectivity index is 2.07. The molecule has 3 N–H and O–H groups in total. The molecule has 25 heavy (non-hydrogen) atoms. The molecule has 7 nitrogen and oxygen atoms in total. The van der Waals surface area contributed by atoms with Crippen LogP contribution in [-0.4, -0.2) is 32.2 Å². The van der Waals surface area contributed by atoms with E-state index in [0.29, 0.717) is 24.7 Å². The Kier molecular flexibility index (Phi) is 6.77. The van der Waals surface area contributed by atoms with Crippen molar-refractivity contribution < 1.29 is 8.42 Å². The number of sulfonamides is 1. The lowest BCUT2D eigenvalue weighted by molar-refractivity contribution is 0.606. The highest BCUT2D eigenvalue weighted by Gasteiger charge is 2.07. The number of aromatic nitrogens is 1. The molecule has 1 aromatic heterocycles. The monoisotopic (exact) mass is 381 g/mol. The first-order chi connectivity index (χ1) is 11.9. The van der Waals surface area contributed by atoms with E-state index >= 15 is 0 Å². The van der Waals surface area contributed by atoms with E-state index in [-0.39, 0.29) is 0 Å². The van der Waals surface area contributed by atoms with E-state index in [1.54, 1.807) is 23.5 Å². The number of anilines is 1. The van der Waals surface area contributed by atoms with Crippen molar-refractivity contribution in [2.75, 3.05) is 17.5 Å². The molecule has 2 rings (SSSR count). The largest absolute Gasteiger partial charge is 0.357 e. The van der Waals surface area contributed by atoms with Crippen LogP contribution in [0.25, 0.3) is 0 Å². The van der Waals surface area contributed by atoms with Crippen molar-refractivity contribution in [2.24, 2.45) is 4.99 Å². The van der Waals surface area contributed by atoms with E-state index in [2.05, 4.69) is 25.3 Å². The molecule has 0 saturated carbocycles. The van der Waals surface area contributed by atoms with E-state index in [9.17, 15) is 8.42 Å². The van der Waals surface area contributed by atoms with Crippen LogP contribution in [0.2, 0.25) is 0 Å². The lowest BCUT2D eigenvalue weighted by Crippen LogP contribution is -2.36. The summed E-state index contributed by atoms with van der Waals surface area (Å²) in [6.07, 6.45) is 2.98. The fourth-order valence-electron chi connectivity index (χ4n) is 2.11. The first kappa shape index (κ1) is 19.2. The van der Waals surface area contributed by atoms with Gasteiger partial charge in [-0.05, 0) is 25.5 Å². The van der Waals surface area contributed by atoms with Crippen molar-refractivity contribution >= 4 is 33.0 Å². The second-order valence-corrected chi connectivity index (χ2v) is 8.51. The number of nitrogens with one attached hydrogen (secondary N) is 3. The standard InChI is InChI=1S/C16H23N5O2S2/c1-4-17-16(20-11-15-18-9-12(2)24-15)19-10-13-7-5-6-8-14(13)21-25(3,22)23/h5-9,21H,4,10-11H2,1-3H3,(H2,17,19,20). The lowest BCUT2D eigenvalue weighted by atomic mass is 10.2. The predicted octanol–water partition coefficient (Wildman–Crippen LogP) is 2.08. The summed E-state index contributed by atoms with van der Waals surface area (Å²) in [5.74, 6) is 0.657. The molecule has 0 fully saturated rings. The summed E-state index contributed by atoms with van der Waals surface area (Å²) >= 11 is 1.64. The van der Waals surface area contributed by atoms with Crippen LogP contribution in [0.3, 0.4) is 0 Å². The van der Waals surface area contributed by atoms with Crippen LogP contribution in [0.5, 0.6) is 0 Å². The molecule has 1 heterocycles. The van der Waals surface area contributed by atoms with Crippen LogP contribution in [-0.2, 0) is 23.1 Å². The number of aliphatic imine (C=N–C) groups is 1. The molecule has 0 atom stereocenters. The van der Waals surface area contributed by atoms with Crippen LogP contribution >= 0.6 is 11.3 Å². The summed E-state index contributed by atoms with van der Waals surface area (Å²) < 4.78 is 25.5. The van der Waals surface area contributed by atoms with Gasteiger partial charge in [-0.1, -0.05) is 18.2 Å². The van der Waals surface area contributed by atoms with Crippen LogP contribution in [0.1, 0.15) is 22.4 Å². The van der Waals surface area contributed by atoms with Crippen molar-refractivity contribution in [1.29, 1.82) is 0 Å². The normalized spacial score (nSPS) is 12.0. The predicted molar refractivity (Wildman–Crippen MR) is 103 cm³/mol. The number of hydrogen-bond acceptors (Lipinski definition) is 5. The summed E-state index contributed by atoms with van der Waals surface area (Å²) in [6, 6.07) is 7.22. The van der Waals surface area contributed by atoms with Crippen molar-refractivity contribution in [3.63, 3.8) is 0 Å². The lowest BCUT2D eigenvalue weighted by Gasteiger charge is -2.12. The molecular weight excluding hydrogens is 358 g/mol. The molecular formula is C16H23N5O2S2. The Bertz CT molecular complexity index is 831. The Morgan fingerprint density at radius 3 is 2.68 bits per heavy atom. The van der Waals surface area contributed by atoms with E-state index in [1.165, 1.54) is 4.88 Å². The van der Waals surface area contributed by atoms with Gasteiger partial charge >= 0.3 is 0 Å². The van der Waals surface area contributed by atoms with Gasteiger partial charge in [0, 0.05) is 17.6 Å². The molecule has 0 spiro atoms. The fraction of sp³-hybridized carbons (Fsp3) is 0.375. The summed E-state index contributed by atoms with van der Waals surface area (Å²) in [5.41, 5.74) is 1.34. The van der Waals surface area contributed by atoms with Gasteiger partial charge in [-0.15, -0.1) is 11.3 Å². The second kappa shape index (κ2) is 8.82. The molecule has 0 bridgehead atoms. The Morgan fingerprint density at radius 1 is 1.28 bits per heavy atom. The van der Waals surface area contributed by atoms with Crippen molar-refractivity contribution in [2.45, 2.75) is 26.9 Å². The molecule has 0 radical (unpaired) electrons. The fourth-order valence-corrected chi connectivity index (χ4v) is 3.43. The molecule has 136 valence electrons. The molecule has 2 aromatic rings. The molecule has 0 aliphatic rings. The average molecular weight is 382 g/mol. The zero-order valence-corrected chi connectivity index (χ0v) is 16.2. The van der Waals surface area contributed by atoms with Crippen LogP contribution in [0, 0.1) is 6.92 Å². The Hall–Kier alpha value is -2.13. The van der Waals surface area contributed by atoms with Gasteiger partial charge in [0.25, 0.3) is 0 Å². The van der Waals surface area contributed by atoms with Crippen LogP contribution in [0.4, 0.5) is 5.69 Å².